The third-order valence-corrected chi connectivity index (χ3v) is 6.81. The molecule has 1 heterocycles. The topological polar surface area (TPSA) is 64.0 Å². The van der Waals surface area contributed by atoms with Gasteiger partial charge in [0, 0.05) is 18.4 Å². The minimum absolute atomic E-state index is 0.0692. The zero-order valence-electron chi connectivity index (χ0n) is 13.7. The van der Waals surface area contributed by atoms with E-state index in [1.807, 2.05) is 22.9 Å². The van der Waals surface area contributed by atoms with Gasteiger partial charge in [-0.2, -0.15) is 0 Å². The van der Waals surface area contributed by atoms with E-state index in [1.54, 1.807) is 18.6 Å². The lowest BCUT2D eigenvalue weighted by molar-refractivity contribution is 0.431. The van der Waals surface area contributed by atoms with Crippen LogP contribution in [0.15, 0.2) is 41.8 Å². The standard InChI is InChI=1S/C18H23N3O2S/c22-24(23,16-9-8-14-4-1-2-5-15(14)12-16)20-17-6-3-7-18(17)21-11-10-19-13-21/h8-13,17-18,20H,1-7H2/t17-,18+/m1/s1. The van der Waals surface area contributed by atoms with E-state index >= 15 is 0 Å². The van der Waals surface area contributed by atoms with Gasteiger partial charge in [-0.3, -0.25) is 0 Å². The minimum Gasteiger partial charge on any atom is -0.333 e. The molecule has 4 rings (SSSR count). The molecule has 2 aliphatic rings. The van der Waals surface area contributed by atoms with Crippen LogP contribution in [0.1, 0.15) is 49.3 Å². The Labute approximate surface area is 143 Å². The highest BCUT2D eigenvalue weighted by Crippen LogP contribution is 2.31. The Morgan fingerprint density at radius 1 is 1.08 bits per heavy atom. The van der Waals surface area contributed by atoms with Crippen molar-refractivity contribution in [2.45, 2.75) is 61.9 Å². The van der Waals surface area contributed by atoms with Gasteiger partial charge >= 0.3 is 0 Å². The lowest BCUT2D eigenvalue weighted by atomic mass is 9.92. The first kappa shape index (κ1) is 15.8. The highest BCUT2D eigenvalue weighted by atomic mass is 32.2. The lowest BCUT2D eigenvalue weighted by Crippen LogP contribution is -2.38. The van der Waals surface area contributed by atoms with Crippen molar-refractivity contribution in [1.29, 1.82) is 0 Å². The van der Waals surface area contributed by atoms with E-state index in [1.165, 1.54) is 17.5 Å². The van der Waals surface area contributed by atoms with E-state index in [0.717, 1.165) is 38.5 Å². The molecule has 1 N–H and O–H groups in total. The summed E-state index contributed by atoms with van der Waals surface area (Å²) in [5, 5.41) is 0. The third-order valence-electron chi connectivity index (χ3n) is 5.32. The molecule has 1 aromatic heterocycles. The fourth-order valence-corrected chi connectivity index (χ4v) is 5.40. The number of nitrogens with one attached hydrogen (secondary N) is 1. The summed E-state index contributed by atoms with van der Waals surface area (Å²) >= 11 is 0. The van der Waals surface area contributed by atoms with Crippen molar-refractivity contribution >= 4 is 10.0 Å². The molecule has 2 atom stereocenters. The van der Waals surface area contributed by atoms with Crippen LogP contribution in [0, 0.1) is 0 Å². The second-order valence-electron chi connectivity index (χ2n) is 6.87. The quantitative estimate of drug-likeness (QED) is 0.927. The largest absolute Gasteiger partial charge is 0.333 e. The fourth-order valence-electron chi connectivity index (χ4n) is 4.04. The molecule has 1 fully saturated rings. The number of hydrogen-bond donors (Lipinski definition) is 1. The molecule has 1 aromatic carbocycles. The van der Waals surface area contributed by atoms with Gasteiger partial charge in [-0.25, -0.2) is 18.1 Å². The van der Waals surface area contributed by atoms with Crippen molar-refractivity contribution in [1.82, 2.24) is 14.3 Å². The molecule has 128 valence electrons. The van der Waals surface area contributed by atoms with Crippen molar-refractivity contribution < 1.29 is 8.42 Å². The molecule has 5 nitrogen and oxygen atoms in total. The number of rotatable bonds is 4. The molecule has 6 heteroatoms. The zero-order chi connectivity index (χ0) is 16.6. The maximum Gasteiger partial charge on any atom is 0.240 e. The van der Waals surface area contributed by atoms with Gasteiger partial charge in [0.05, 0.1) is 17.3 Å². The average molecular weight is 345 g/mol. The summed E-state index contributed by atoms with van der Waals surface area (Å²) in [6, 6.07) is 5.71. The maximum absolute atomic E-state index is 12.9. The first-order chi connectivity index (χ1) is 11.6. The van der Waals surface area contributed by atoms with Crippen LogP contribution in [-0.2, 0) is 22.9 Å². The Morgan fingerprint density at radius 2 is 1.92 bits per heavy atom. The van der Waals surface area contributed by atoms with E-state index in [2.05, 4.69) is 9.71 Å². The summed E-state index contributed by atoms with van der Waals surface area (Å²) in [6.45, 7) is 0. The van der Waals surface area contributed by atoms with Crippen molar-refractivity contribution in [2.75, 3.05) is 0 Å². The average Bonchev–Trinajstić information content (AvgIpc) is 3.25. The van der Waals surface area contributed by atoms with E-state index in [-0.39, 0.29) is 12.1 Å². The zero-order valence-corrected chi connectivity index (χ0v) is 14.5. The van der Waals surface area contributed by atoms with Gasteiger partial charge < -0.3 is 4.57 Å². The van der Waals surface area contributed by atoms with Crippen LogP contribution in [0.3, 0.4) is 0 Å². The van der Waals surface area contributed by atoms with Gasteiger partial charge in [0.25, 0.3) is 0 Å². The van der Waals surface area contributed by atoms with E-state index in [4.69, 9.17) is 0 Å². The van der Waals surface area contributed by atoms with Crippen LogP contribution in [0.5, 0.6) is 0 Å². The summed E-state index contributed by atoms with van der Waals surface area (Å²) in [5.41, 5.74) is 2.50. The second-order valence-corrected chi connectivity index (χ2v) is 8.59. The number of hydrogen-bond acceptors (Lipinski definition) is 3. The maximum atomic E-state index is 12.9. The number of benzene rings is 1. The first-order valence-electron chi connectivity index (χ1n) is 8.75. The normalized spacial score (nSPS) is 24.0. The number of aryl methyl sites for hydroxylation is 2. The smallest absolute Gasteiger partial charge is 0.240 e. The Morgan fingerprint density at radius 3 is 2.71 bits per heavy atom. The Bertz CT molecular complexity index is 815. The summed E-state index contributed by atoms with van der Waals surface area (Å²) in [4.78, 5) is 4.49. The van der Waals surface area contributed by atoms with Crippen LogP contribution in [0.2, 0.25) is 0 Å². The van der Waals surface area contributed by atoms with Crippen LogP contribution in [0.4, 0.5) is 0 Å². The minimum atomic E-state index is -3.48. The van der Waals surface area contributed by atoms with Crippen LogP contribution < -0.4 is 4.72 Å². The number of imidazole rings is 1. The van der Waals surface area contributed by atoms with Crippen LogP contribution in [-0.4, -0.2) is 24.0 Å². The first-order valence-corrected chi connectivity index (χ1v) is 10.2. The molecule has 0 unspecified atom stereocenters. The number of aromatic nitrogens is 2. The Hall–Kier alpha value is -1.66. The van der Waals surface area contributed by atoms with Gasteiger partial charge in [-0.1, -0.05) is 6.07 Å². The summed E-state index contributed by atoms with van der Waals surface area (Å²) < 4.78 is 30.7. The molecular weight excluding hydrogens is 322 g/mol. The van der Waals surface area contributed by atoms with Crippen molar-refractivity contribution in [3.8, 4) is 0 Å². The molecule has 0 radical (unpaired) electrons. The predicted octanol–water partition coefficient (Wildman–Crippen LogP) is 2.83. The molecule has 0 amide bonds. The van der Waals surface area contributed by atoms with Crippen LogP contribution >= 0.6 is 0 Å². The van der Waals surface area contributed by atoms with E-state index in [9.17, 15) is 8.42 Å². The second kappa shape index (κ2) is 6.33. The van der Waals surface area contributed by atoms with Gasteiger partial charge in [0.2, 0.25) is 10.0 Å². The van der Waals surface area contributed by atoms with Gasteiger partial charge in [0.1, 0.15) is 0 Å². The van der Waals surface area contributed by atoms with Gasteiger partial charge in [-0.15, -0.1) is 0 Å². The number of nitrogens with zero attached hydrogens (tertiary/aromatic N) is 2. The van der Waals surface area contributed by atoms with E-state index in [0.29, 0.717) is 4.90 Å². The summed E-state index contributed by atoms with van der Waals surface area (Å²) in [6.07, 6.45) is 12.7. The highest BCUT2D eigenvalue weighted by molar-refractivity contribution is 7.89. The van der Waals surface area contributed by atoms with Gasteiger partial charge in [0.15, 0.2) is 0 Å². The molecule has 0 saturated heterocycles. The number of fused-ring (bicyclic) bond motifs is 1. The van der Waals surface area contributed by atoms with Crippen LogP contribution in [0.25, 0.3) is 0 Å². The van der Waals surface area contributed by atoms with Crippen molar-refractivity contribution in [3.05, 3.63) is 48.0 Å². The molecule has 2 aromatic rings. The molecule has 0 aliphatic heterocycles. The van der Waals surface area contributed by atoms with Crippen molar-refractivity contribution in [3.63, 3.8) is 0 Å². The predicted molar refractivity (Wildman–Crippen MR) is 92.3 cm³/mol. The molecular formula is C18H23N3O2S. The van der Waals surface area contributed by atoms with Crippen molar-refractivity contribution in [2.24, 2.45) is 0 Å². The molecule has 2 aliphatic carbocycles. The highest BCUT2D eigenvalue weighted by Gasteiger charge is 2.32. The van der Waals surface area contributed by atoms with Gasteiger partial charge in [-0.05, 0) is 68.2 Å². The molecule has 24 heavy (non-hydrogen) atoms. The summed E-state index contributed by atoms with van der Waals surface area (Å²) in [5.74, 6) is 0. The number of sulfonamides is 1. The molecule has 0 bridgehead atoms. The lowest BCUT2D eigenvalue weighted by Gasteiger charge is -2.23. The summed E-state index contributed by atoms with van der Waals surface area (Å²) in [7, 11) is -3.48. The Balaban J connectivity index is 1.57. The third kappa shape index (κ3) is 3.00. The Kier molecular flexibility index (Phi) is 4.18. The van der Waals surface area contributed by atoms with E-state index < -0.39 is 10.0 Å². The monoisotopic (exact) mass is 345 g/mol. The SMILES string of the molecule is O=S(=O)(N[C@@H]1CCC[C@@H]1n1ccnc1)c1ccc2c(c1)CCCC2. The fraction of sp³-hybridized carbons (Fsp3) is 0.500. The molecule has 0 spiro atoms. The molecule has 1 saturated carbocycles.